The fourth-order valence-electron chi connectivity index (χ4n) is 1.52. The van der Waals surface area contributed by atoms with Crippen LogP contribution in [0.25, 0.3) is 0 Å². The molecule has 2 aromatic rings. The summed E-state index contributed by atoms with van der Waals surface area (Å²) in [6.07, 6.45) is 1.89. The highest BCUT2D eigenvalue weighted by Gasteiger charge is 2.07. The van der Waals surface area contributed by atoms with Gasteiger partial charge in [0.25, 0.3) is 0 Å². The van der Waals surface area contributed by atoms with Crippen molar-refractivity contribution in [2.75, 3.05) is 0 Å². The van der Waals surface area contributed by atoms with E-state index in [1.807, 2.05) is 24.0 Å². The lowest BCUT2D eigenvalue weighted by Crippen LogP contribution is -2.12. The molecule has 6 heteroatoms. The van der Waals surface area contributed by atoms with Crippen LogP contribution in [0.15, 0.2) is 25.8 Å². The van der Waals surface area contributed by atoms with Crippen LogP contribution in [0.1, 0.15) is 17.0 Å². The van der Waals surface area contributed by atoms with Crippen molar-refractivity contribution in [3.8, 4) is 0 Å². The highest BCUT2D eigenvalue weighted by molar-refractivity contribution is 9.13. The Morgan fingerprint density at radius 2 is 2.18 bits per heavy atom. The molecule has 2 aromatic heterocycles. The molecule has 0 amide bonds. The van der Waals surface area contributed by atoms with E-state index in [-0.39, 0.29) is 0 Å². The van der Waals surface area contributed by atoms with Crippen LogP contribution in [0.5, 0.6) is 0 Å². The SMILES string of the molecule is Cc1c(CNCc2cc(Br)c(Br)o2)cnn1C. The molecule has 0 aromatic carbocycles. The van der Waals surface area contributed by atoms with Gasteiger partial charge in [0.2, 0.25) is 0 Å². The molecule has 0 aliphatic rings. The van der Waals surface area contributed by atoms with Crippen LogP contribution in [0, 0.1) is 6.92 Å². The van der Waals surface area contributed by atoms with Gasteiger partial charge in [0.05, 0.1) is 17.2 Å². The lowest BCUT2D eigenvalue weighted by atomic mass is 10.2. The number of aryl methyl sites for hydroxylation is 1. The predicted octanol–water partition coefficient (Wildman–Crippen LogP) is 3.14. The Kier molecular flexibility index (Phi) is 4.06. The van der Waals surface area contributed by atoms with Crippen molar-refractivity contribution in [2.24, 2.45) is 7.05 Å². The van der Waals surface area contributed by atoms with Crippen molar-refractivity contribution in [3.05, 3.63) is 38.4 Å². The van der Waals surface area contributed by atoms with E-state index in [1.165, 1.54) is 11.3 Å². The highest BCUT2D eigenvalue weighted by atomic mass is 79.9. The minimum absolute atomic E-state index is 0.693. The summed E-state index contributed by atoms with van der Waals surface area (Å²) in [7, 11) is 1.94. The Labute approximate surface area is 117 Å². The van der Waals surface area contributed by atoms with E-state index in [0.717, 1.165) is 21.4 Å². The molecule has 0 saturated heterocycles. The van der Waals surface area contributed by atoms with Gasteiger partial charge in [-0.1, -0.05) is 0 Å². The first-order valence-corrected chi connectivity index (χ1v) is 6.78. The monoisotopic (exact) mass is 361 g/mol. The number of hydrogen-bond acceptors (Lipinski definition) is 3. The quantitative estimate of drug-likeness (QED) is 0.908. The normalized spacial score (nSPS) is 11.1. The van der Waals surface area contributed by atoms with E-state index in [2.05, 4.69) is 49.2 Å². The van der Waals surface area contributed by atoms with Gasteiger partial charge in [-0.2, -0.15) is 5.10 Å². The van der Waals surface area contributed by atoms with Crippen LogP contribution in [-0.2, 0) is 20.1 Å². The molecule has 92 valence electrons. The summed E-state index contributed by atoms with van der Waals surface area (Å²) in [6, 6.07) is 1.95. The van der Waals surface area contributed by atoms with Crippen molar-refractivity contribution < 1.29 is 4.42 Å². The molecule has 0 aliphatic heterocycles. The van der Waals surface area contributed by atoms with Gasteiger partial charge in [-0.05, 0) is 44.8 Å². The molecule has 0 saturated carbocycles. The molecular formula is C11H13Br2N3O. The summed E-state index contributed by atoms with van der Waals surface area (Å²) in [5.41, 5.74) is 2.39. The molecule has 0 unspecified atom stereocenters. The molecule has 1 N–H and O–H groups in total. The minimum Gasteiger partial charge on any atom is -0.452 e. The summed E-state index contributed by atoms with van der Waals surface area (Å²) in [4.78, 5) is 0. The topological polar surface area (TPSA) is 43.0 Å². The smallest absolute Gasteiger partial charge is 0.183 e. The summed E-state index contributed by atoms with van der Waals surface area (Å²) in [6.45, 7) is 3.54. The molecule has 17 heavy (non-hydrogen) atoms. The fourth-order valence-corrected chi connectivity index (χ4v) is 2.18. The first-order valence-electron chi connectivity index (χ1n) is 5.20. The summed E-state index contributed by atoms with van der Waals surface area (Å²) in [5.74, 6) is 0.894. The summed E-state index contributed by atoms with van der Waals surface area (Å²) < 4.78 is 9.01. The van der Waals surface area contributed by atoms with Crippen LogP contribution in [0.2, 0.25) is 0 Å². The number of hydrogen-bond donors (Lipinski definition) is 1. The molecule has 0 aliphatic carbocycles. The number of rotatable bonds is 4. The zero-order valence-corrected chi connectivity index (χ0v) is 12.8. The highest BCUT2D eigenvalue weighted by Crippen LogP contribution is 2.26. The molecule has 0 radical (unpaired) electrons. The second-order valence-electron chi connectivity index (χ2n) is 3.82. The van der Waals surface area contributed by atoms with Gasteiger partial charge in [-0.15, -0.1) is 0 Å². The Balaban J connectivity index is 1.89. The Hall–Kier alpha value is -0.590. The third-order valence-electron chi connectivity index (χ3n) is 2.65. The van der Waals surface area contributed by atoms with Crippen molar-refractivity contribution >= 4 is 31.9 Å². The van der Waals surface area contributed by atoms with Crippen molar-refractivity contribution in [3.63, 3.8) is 0 Å². The maximum atomic E-state index is 5.47. The van der Waals surface area contributed by atoms with Crippen LogP contribution in [0.3, 0.4) is 0 Å². The van der Waals surface area contributed by atoms with Gasteiger partial charge in [0.1, 0.15) is 5.76 Å². The molecule has 0 spiro atoms. The van der Waals surface area contributed by atoms with Crippen LogP contribution in [0.4, 0.5) is 0 Å². The fraction of sp³-hybridized carbons (Fsp3) is 0.364. The molecule has 0 atom stereocenters. The minimum atomic E-state index is 0.693. The lowest BCUT2D eigenvalue weighted by molar-refractivity contribution is 0.464. The average Bonchev–Trinajstić information content (AvgIpc) is 2.76. The second kappa shape index (κ2) is 5.37. The van der Waals surface area contributed by atoms with Gasteiger partial charge in [0.15, 0.2) is 4.67 Å². The number of furan rings is 1. The summed E-state index contributed by atoms with van der Waals surface area (Å²) in [5, 5.41) is 7.52. The van der Waals surface area contributed by atoms with Gasteiger partial charge < -0.3 is 9.73 Å². The maximum absolute atomic E-state index is 5.47. The number of halogens is 2. The largest absolute Gasteiger partial charge is 0.452 e. The van der Waals surface area contributed by atoms with E-state index >= 15 is 0 Å². The van der Waals surface area contributed by atoms with E-state index in [0.29, 0.717) is 6.54 Å². The molecule has 4 nitrogen and oxygen atoms in total. The van der Waals surface area contributed by atoms with Gasteiger partial charge in [-0.25, -0.2) is 0 Å². The number of aromatic nitrogens is 2. The zero-order chi connectivity index (χ0) is 12.4. The number of nitrogens with zero attached hydrogens (tertiary/aromatic N) is 2. The van der Waals surface area contributed by atoms with Gasteiger partial charge in [0, 0.05) is 24.8 Å². The molecule has 0 bridgehead atoms. The first-order chi connectivity index (χ1) is 8.08. The van der Waals surface area contributed by atoms with E-state index < -0.39 is 0 Å². The molecule has 2 heterocycles. The van der Waals surface area contributed by atoms with Gasteiger partial charge >= 0.3 is 0 Å². The first kappa shape index (κ1) is 12.9. The Bertz CT molecular complexity index is 499. The predicted molar refractivity (Wildman–Crippen MR) is 72.6 cm³/mol. The third-order valence-corrected chi connectivity index (χ3v) is 4.36. The standard InChI is InChI=1S/C11H13Br2N3O/c1-7-8(5-15-16(7)2)4-14-6-9-3-10(12)11(13)17-9/h3,5,14H,4,6H2,1-2H3. The lowest BCUT2D eigenvalue weighted by Gasteiger charge is -2.02. The van der Waals surface area contributed by atoms with E-state index in [4.69, 9.17) is 4.42 Å². The average molecular weight is 363 g/mol. The number of nitrogens with one attached hydrogen (secondary N) is 1. The van der Waals surface area contributed by atoms with Gasteiger partial charge in [-0.3, -0.25) is 4.68 Å². The Morgan fingerprint density at radius 3 is 2.71 bits per heavy atom. The van der Waals surface area contributed by atoms with Crippen LogP contribution < -0.4 is 5.32 Å². The molecule has 2 rings (SSSR count). The van der Waals surface area contributed by atoms with E-state index in [9.17, 15) is 0 Å². The van der Waals surface area contributed by atoms with E-state index in [1.54, 1.807) is 0 Å². The molecule has 0 fully saturated rings. The molecular weight excluding hydrogens is 350 g/mol. The van der Waals surface area contributed by atoms with Crippen LogP contribution in [-0.4, -0.2) is 9.78 Å². The van der Waals surface area contributed by atoms with Crippen molar-refractivity contribution in [1.82, 2.24) is 15.1 Å². The van der Waals surface area contributed by atoms with Crippen molar-refractivity contribution in [2.45, 2.75) is 20.0 Å². The third kappa shape index (κ3) is 3.00. The Morgan fingerprint density at radius 1 is 1.41 bits per heavy atom. The van der Waals surface area contributed by atoms with Crippen molar-refractivity contribution in [1.29, 1.82) is 0 Å². The summed E-state index contributed by atoms with van der Waals surface area (Å²) >= 11 is 6.70. The second-order valence-corrected chi connectivity index (χ2v) is 5.39. The van der Waals surface area contributed by atoms with Crippen LogP contribution >= 0.6 is 31.9 Å². The maximum Gasteiger partial charge on any atom is 0.183 e. The zero-order valence-electron chi connectivity index (χ0n) is 9.63.